The third kappa shape index (κ3) is 2.43. The summed E-state index contributed by atoms with van der Waals surface area (Å²) in [5.74, 6) is 1.65. The largest absolute Gasteiger partial charge is 0.368 e. The van der Waals surface area contributed by atoms with E-state index in [1.807, 2.05) is 6.07 Å². The van der Waals surface area contributed by atoms with Crippen molar-refractivity contribution < 1.29 is 0 Å². The topological polar surface area (TPSA) is 67.9 Å². The van der Waals surface area contributed by atoms with E-state index in [9.17, 15) is 0 Å². The van der Waals surface area contributed by atoms with Crippen molar-refractivity contribution >= 4 is 11.9 Å². The van der Waals surface area contributed by atoms with Crippen LogP contribution in [-0.4, -0.2) is 28.0 Å². The van der Waals surface area contributed by atoms with E-state index in [2.05, 4.69) is 45.8 Å². The maximum absolute atomic E-state index is 5.86. The third-order valence-electron chi connectivity index (χ3n) is 3.65. The number of rotatable bonds is 2. The highest BCUT2D eigenvalue weighted by atomic mass is 15.3. The standard InChI is InChI=1S/C15H19N5/c1-10-5-6-12(11(2)9-10)13-17-14(16)19-15(18-13)20-7-3-4-8-20/h5-6,9H,3-4,7-8H2,1-2H3,(H2,16,17,18,19). The SMILES string of the molecule is Cc1ccc(-c2nc(N)nc(N3CCCC3)n2)c(C)c1. The van der Waals surface area contributed by atoms with Crippen molar-refractivity contribution in [2.75, 3.05) is 23.7 Å². The van der Waals surface area contributed by atoms with Crippen LogP contribution in [0.5, 0.6) is 0 Å². The van der Waals surface area contributed by atoms with Gasteiger partial charge in [-0.1, -0.05) is 23.8 Å². The van der Waals surface area contributed by atoms with Crippen molar-refractivity contribution in [1.82, 2.24) is 15.0 Å². The third-order valence-corrected chi connectivity index (χ3v) is 3.65. The molecule has 1 aliphatic rings. The number of anilines is 2. The van der Waals surface area contributed by atoms with Gasteiger partial charge in [-0.2, -0.15) is 15.0 Å². The predicted octanol–water partition coefficient (Wildman–Crippen LogP) is 2.34. The van der Waals surface area contributed by atoms with Crippen molar-refractivity contribution in [2.45, 2.75) is 26.7 Å². The lowest BCUT2D eigenvalue weighted by atomic mass is 10.1. The molecule has 104 valence electrons. The van der Waals surface area contributed by atoms with E-state index in [-0.39, 0.29) is 5.95 Å². The van der Waals surface area contributed by atoms with Gasteiger partial charge in [0.25, 0.3) is 0 Å². The van der Waals surface area contributed by atoms with Gasteiger partial charge in [-0.15, -0.1) is 0 Å². The van der Waals surface area contributed by atoms with E-state index in [0.29, 0.717) is 11.8 Å². The van der Waals surface area contributed by atoms with Gasteiger partial charge in [-0.3, -0.25) is 0 Å². The van der Waals surface area contributed by atoms with Crippen LogP contribution in [0.4, 0.5) is 11.9 Å². The number of hydrogen-bond acceptors (Lipinski definition) is 5. The smallest absolute Gasteiger partial charge is 0.230 e. The Morgan fingerprint density at radius 2 is 1.80 bits per heavy atom. The Morgan fingerprint density at radius 3 is 2.50 bits per heavy atom. The molecule has 1 fully saturated rings. The van der Waals surface area contributed by atoms with Crippen molar-refractivity contribution in [3.8, 4) is 11.4 Å². The molecular weight excluding hydrogens is 250 g/mol. The van der Waals surface area contributed by atoms with E-state index in [4.69, 9.17) is 5.73 Å². The summed E-state index contributed by atoms with van der Waals surface area (Å²) < 4.78 is 0. The molecule has 0 radical (unpaired) electrons. The molecule has 2 aromatic rings. The van der Waals surface area contributed by atoms with Crippen molar-refractivity contribution in [2.24, 2.45) is 0 Å². The van der Waals surface area contributed by atoms with Gasteiger partial charge in [0.1, 0.15) is 0 Å². The Labute approximate surface area is 118 Å². The second-order valence-corrected chi connectivity index (χ2v) is 5.33. The molecule has 0 bridgehead atoms. The predicted molar refractivity (Wildman–Crippen MR) is 80.6 cm³/mol. The first kappa shape index (κ1) is 12.8. The normalized spacial score (nSPS) is 14.8. The molecule has 1 aromatic heterocycles. The van der Waals surface area contributed by atoms with Crippen LogP contribution in [0.1, 0.15) is 24.0 Å². The van der Waals surface area contributed by atoms with Crippen LogP contribution in [0, 0.1) is 13.8 Å². The molecule has 0 amide bonds. The van der Waals surface area contributed by atoms with Crippen LogP contribution in [0.15, 0.2) is 18.2 Å². The van der Waals surface area contributed by atoms with Crippen LogP contribution in [0.2, 0.25) is 0 Å². The Balaban J connectivity index is 2.04. The molecule has 2 N–H and O–H groups in total. The molecule has 20 heavy (non-hydrogen) atoms. The lowest BCUT2D eigenvalue weighted by Crippen LogP contribution is -2.21. The minimum Gasteiger partial charge on any atom is -0.368 e. The van der Waals surface area contributed by atoms with Crippen molar-refractivity contribution in [3.05, 3.63) is 29.3 Å². The molecule has 5 heteroatoms. The quantitative estimate of drug-likeness (QED) is 0.906. The summed E-state index contributed by atoms with van der Waals surface area (Å²) in [6.45, 7) is 6.14. The number of benzene rings is 1. The van der Waals surface area contributed by atoms with Gasteiger partial charge < -0.3 is 10.6 Å². The minimum atomic E-state index is 0.289. The molecule has 0 spiro atoms. The van der Waals surface area contributed by atoms with E-state index in [0.717, 1.165) is 24.2 Å². The molecule has 5 nitrogen and oxygen atoms in total. The summed E-state index contributed by atoms with van der Waals surface area (Å²) in [5, 5.41) is 0. The van der Waals surface area contributed by atoms with Gasteiger partial charge in [-0.25, -0.2) is 0 Å². The highest BCUT2D eigenvalue weighted by Gasteiger charge is 2.17. The zero-order valence-electron chi connectivity index (χ0n) is 11.9. The zero-order valence-corrected chi connectivity index (χ0v) is 11.9. The zero-order chi connectivity index (χ0) is 14.1. The first-order valence-electron chi connectivity index (χ1n) is 6.97. The second kappa shape index (κ2) is 5.07. The maximum Gasteiger partial charge on any atom is 0.230 e. The maximum atomic E-state index is 5.86. The van der Waals surface area contributed by atoms with Crippen LogP contribution in [0.3, 0.4) is 0 Å². The molecule has 0 atom stereocenters. The molecule has 0 saturated carbocycles. The second-order valence-electron chi connectivity index (χ2n) is 5.33. The highest BCUT2D eigenvalue weighted by Crippen LogP contribution is 2.24. The number of aromatic nitrogens is 3. The van der Waals surface area contributed by atoms with Gasteiger partial charge in [0, 0.05) is 18.7 Å². The fraction of sp³-hybridized carbons (Fsp3) is 0.400. The van der Waals surface area contributed by atoms with Crippen LogP contribution in [-0.2, 0) is 0 Å². The molecule has 0 aliphatic carbocycles. The van der Waals surface area contributed by atoms with Gasteiger partial charge >= 0.3 is 0 Å². The van der Waals surface area contributed by atoms with Gasteiger partial charge in [0.2, 0.25) is 11.9 Å². The number of aryl methyl sites for hydroxylation is 2. The lowest BCUT2D eigenvalue weighted by Gasteiger charge is -2.16. The number of nitrogens with two attached hydrogens (primary N) is 1. The molecule has 3 rings (SSSR count). The van der Waals surface area contributed by atoms with Gasteiger partial charge in [0.15, 0.2) is 5.82 Å². The Kier molecular flexibility index (Phi) is 3.26. The van der Waals surface area contributed by atoms with E-state index in [1.54, 1.807) is 0 Å². The Hall–Kier alpha value is -2.17. The number of hydrogen-bond donors (Lipinski definition) is 1. The molecule has 1 saturated heterocycles. The van der Waals surface area contributed by atoms with Crippen LogP contribution in [0.25, 0.3) is 11.4 Å². The van der Waals surface area contributed by atoms with Crippen molar-refractivity contribution in [1.29, 1.82) is 0 Å². The summed E-state index contributed by atoms with van der Waals surface area (Å²) >= 11 is 0. The molecule has 1 aliphatic heterocycles. The molecule has 1 aromatic carbocycles. The molecule has 2 heterocycles. The minimum absolute atomic E-state index is 0.289. The van der Waals surface area contributed by atoms with E-state index in [1.165, 1.54) is 18.4 Å². The average molecular weight is 269 g/mol. The summed E-state index contributed by atoms with van der Waals surface area (Å²) in [5.41, 5.74) is 9.26. The van der Waals surface area contributed by atoms with Crippen LogP contribution >= 0.6 is 0 Å². The summed E-state index contributed by atoms with van der Waals surface area (Å²) in [4.78, 5) is 15.3. The highest BCUT2D eigenvalue weighted by molar-refractivity contribution is 5.62. The van der Waals surface area contributed by atoms with Gasteiger partial charge in [0.05, 0.1) is 0 Å². The van der Waals surface area contributed by atoms with E-state index < -0.39 is 0 Å². The summed E-state index contributed by atoms with van der Waals surface area (Å²) in [6.07, 6.45) is 2.37. The monoisotopic (exact) mass is 269 g/mol. The first-order valence-corrected chi connectivity index (χ1v) is 6.97. The van der Waals surface area contributed by atoms with Gasteiger partial charge in [-0.05, 0) is 32.3 Å². The number of nitrogen functional groups attached to an aromatic ring is 1. The van der Waals surface area contributed by atoms with Crippen LogP contribution < -0.4 is 10.6 Å². The molecule has 0 unspecified atom stereocenters. The fourth-order valence-electron chi connectivity index (χ4n) is 2.62. The molecular formula is C15H19N5. The summed E-state index contributed by atoms with van der Waals surface area (Å²) in [7, 11) is 0. The first-order chi connectivity index (χ1) is 9.63. The Bertz CT molecular complexity index is 632. The fourth-order valence-corrected chi connectivity index (χ4v) is 2.62. The average Bonchev–Trinajstić information content (AvgIpc) is 2.91. The van der Waals surface area contributed by atoms with E-state index >= 15 is 0 Å². The summed E-state index contributed by atoms with van der Waals surface area (Å²) in [6, 6.07) is 6.25. The Morgan fingerprint density at radius 1 is 1.05 bits per heavy atom. The lowest BCUT2D eigenvalue weighted by molar-refractivity contribution is 0.887. The van der Waals surface area contributed by atoms with Crippen molar-refractivity contribution in [3.63, 3.8) is 0 Å². The number of nitrogens with zero attached hydrogens (tertiary/aromatic N) is 4.